The monoisotopic (exact) mass is 260 g/mol. The van der Waals surface area contributed by atoms with Crippen molar-refractivity contribution in [3.63, 3.8) is 0 Å². The fourth-order valence-corrected chi connectivity index (χ4v) is 1.84. The molecule has 0 unspecified atom stereocenters. The Morgan fingerprint density at radius 3 is 2.95 bits per heavy atom. The number of ether oxygens (including phenoxy) is 1. The molecule has 1 N–H and O–H groups in total. The highest BCUT2D eigenvalue weighted by molar-refractivity contribution is 5.90. The number of carboxylic acid groups (broad SMARTS) is 1. The van der Waals surface area contributed by atoms with Gasteiger partial charge < -0.3 is 14.4 Å². The van der Waals surface area contributed by atoms with E-state index < -0.39 is 5.97 Å². The van der Waals surface area contributed by atoms with Crippen LogP contribution >= 0.6 is 0 Å². The second-order valence-corrected chi connectivity index (χ2v) is 4.22. The van der Waals surface area contributed by atoms with Gasteiger partial charge in [-0.1, -0.05) is 6.07 Å². The molecule has 2 aromatic rings. The van der Waals surface area contributed by atoms with Gasteiger partial charge in [0, 0.05) is 18.9 Å². The van der Waals surface area contributed by atoms with Gasteiger partial charge in [-0.05, 0) is 31.5 Å². The molecule has 0 saturated heterocycles. The summed E-state index contributed by atoms with van der Waals surface area (Å²) in [4.78, 5) is 15.3. The van der Waals surface area contributed by atoms with Crippen molar-refractivity contribution in [1.82, 2.24) is 9.55 Å². The Bertz CT molecular complexity index is 590. The fourth-order valence-electron chi connectivity index (χ4n) is 1.84. The predicted octanol–water partition coefficient (Wildman–Crippen LogP) is 2.49. The number of rotatable bonds is 5. The summed E-state index contributed by atoms with van der Waals surface area (Å²) in [5.74, 6) is 0.160. The molecule has 5 heteroatoms. The lowest BCUT2D eigenvalue weighted by Gasteiger charge is -2.10. The average Bonchev–Trinajstić information content (AvgIpc) is 2.83. The third-order valence-corrected chi connectivity index (χ3v) is 2.87. The van der Waals surface area contributed by atoms with Crippen molar-refractivity contribution in [1.29, 1.82) is 0 Å². The molecule has 0 fully saturated rings. The molecule has 0 saturated carbocycles. The topological polar surface area (TPSA) is 64.4 Å². The standard InChI is InChI=1S/C14H16N2O3/c1-3-16-7-6-15-13(16)9-19-12-8-10(2)4-5-11(12)14(17)18/h4-8H,3,9H2,1-2H3,(H,17,18). The van der Waals surface area contributed by atoms with Crippen LogP contribution in [0.5, 0.6) is 5.75 Å². The van der Waals surface area contributed by atoms with Crippen molar-refractivity contribution < 1.29 is 14.6 Å². The lowest BCUT2D eigenvalue weighted by atomic mass is 10.1. The number of imidazole rings is 1. The summed E-state index contributed by atoms with van der Waals surface area (Å²) in [6.45, 7) is 4.97. The van der Waals surface area contributed by atoms with Crippen LogP contribution in [0.4, 0.5) is 0 Å². The Labute approximate surface area is 111 Å². The largest absolute Gasteiger partial charge is 0.485 e. The molecule has 0 atom stereocenters. The molecule has 0 aliphatic rings. The molecule has 5 nitrogen and oxygen atoms in total. The van der Waals surface area contributed by atoms with Crippen LogP contribution in [0.2, 0.25) is 0 Å². The number of hydrogen-bond acceptors (Lipinski definition) is 3. The van der Waals surface area contributed by atoms with Crippen LogP contribution in [-0.2, 0) is 13.2 Å². The van der Waals surface area contributed by atoms with Gasteiger partial charge in [0.25, 0.3) is 0 Å². The second kappa shape index (κ2) is 5.56. The minimum absolute atomic E-state index is 0.167. The molecule has 0 radical (unpaired) electrons. The molecule has 1 aromatic carbocycles. The van der Waals surface area contributed by atoms with Crippen LogP contribution in [0.15, 0.2) is 30.6 Å². The molecule has 19 heavy (non-hydrogen) atoms. The van der Waals surface area contributed by atoms with Gasteiger partial charge in [-0.2, -0.15) is 0 Å². The third kappa shape index (κ3) is 2.93. The summed E-state index contributed by atoms with van der Waals surface area (Å²) in [7, 11) is 0. The normalized spacial score (nSPS) is 10.4. The molecule has 0 bridgehead atoms. The van der Waals surface area contributed by atoms with Crippen molar-refractivity contribution in [3.8, 4) is 5.75 Å². The van der Waals surface area contributed by atoms with Gasteiger partial charge in [0.15, 0.2) is 0 Å². The first-order valence-corrected chi connectivity index (χ1v) is 6.08. The smallest absolute Gasteiger partial charge is 0.339 e. The highest BCUT2D eigenvalue weighted by Crippen LogP contribution is 2.21. The number of carbonyl (C=O) groups is 1. The van der Waals surface area contributed by atoms with Crippen molar-refractivity contribution in [2.45, 2.75) is 27.0 Å². The molecular weight excluding hydrogens is 244 g/mol. The maximum absolute atomic E-state index is 11.1. The number of aromatic carboxylic acids is 1. The maximum Gasteiger partial charge on any atom is 0.339 e. The molecule has 1 aromatic heterocycles. The summed E-state index contributed by atoms with van der Waals surface area (Å²) in [5.41, 5.74) is 1.12. The Hall–Kier alpha value is -2.30. The van der Waals surface area contributed by atoms with E-state index in [0.29, 0.717) is 5.75 Å². The van der Waals surface area contributed by atoms with Gasteiger partial charge in [0.2, 0.25) is 0 Å². The average molecular weight is 260 g/mol. The second-order valence-electron chi connectivity index (χ2n) is 4.22. The van der Waals surface area contributed by atoms with Gasteiger partial charge in [0.1, 0.15) is 23.7 Å². The van der Waals surface area contributed by atoms with Gasteiger partial charge in [-0.15, -0.1) is 0 Å². The van der Waals surface area contributed by atoms with E-state index in [1.807, 2.05) is 24.6 Å². The molecule has 0 aliphatic carbocycles. The van der Waals surface area contributed by atoms with E-state index in [0.717, 1.165) is 17.9 Å². The van der Waals surface area contributed by atoms with Gasteiger partial charge in [0.05, 0.1) is 0 Å². The zero-order valence-electron chi connectivity index (χ0n) is 11.0. The summed E-state index contributed by atoms with van der Waals surface area (Å²) in [6, 6.07) is 5.03. The zero-order valence-corrected chi connectivity index (χ0v) is 11.0. The molecule has 0 amide bonds. The quantitative estimate of drug-likeness (QED) is 0.897. The van der Waals surface area contributed by atoms with E-state index in [9.17, 15) is 4.79 Å². The van der Waals surface area contributed by atoms with Crippen LogP contribution in [0.1, 0.15) is 28.7 Å². The molecule has 100 valence electrons. The van der Waals surface area contributed by atoms with E-state index in [1.165, 1.54) is 0 Å². The van der Waals surface area contributed by atoms with E-state index in [4.69, 9.17) is 9.84 Å². The van der Waals surface area contributed by atoms with Crippen LogP contribution in [0.25, 0.3) is 0 Å². The Kier molecular flexibility index (Phi) is 3.85. The minimum atomic E-state index is -0.992. The highest BCUT2D eigenvalue weighted by atomic mass is 16.5. The summed E-state index contributed by atoms with van der Waals surface area (Å²) >= 11 is 0. The first kappa shape index (κ1) is 13.1. The Morgan fingerprint density at radius 1 is 1.47 bits per heavy atom. The number of aromatic nitrogens is 2. The molecule has 2 rings (SSSR count). The Morgan fingerprint density at radius 2 is 2.26 bits per heavy atom. The van der Waals surface area contributed by atoms with E-state index >= 15 is 0 Å². The fraction of sp³-hybridized carbons (Fsp3) is 0.286. The van der Waals surface area contributed by atoms with Gasteiger partial charge >= 0.3 is 5.97 Å². The third-order valence-electron chi connectivity index (χ3n) is 2.87. The van der Waals surface area contributed by atoms with Crippen molar-refractivity contribution in [2.24, 2.45) is 0 Å². The summed E-state index contributed by atoms with van der Waals surface area (Å²) < 4.78 is 7.56. The summed E-state index contributed by atoms with van der Waals surface area (Å²) in [5, 5.41) is 9.11. The van der Waals surface area contributed by atoms with E-state index in [2.05, 4.69) is 4.98 Å². The van der Waals surface area contributed by atoms with Crippen molar-refractivity contribution in [3.05, 3.63) is 47.5 Å². The number of hydrogen-bond donors (Lipinski definition) is 1. The number of nitrogens with zero attached hydrogens (tertiary/aromatic N) is 2. The maximum atomic E-state index is 11.1. The number of carboxylic acids is 1. The van der Waals surface area contributed by atoms with Gasteiger partial charge in [-0.25, -0.2) is 9.78 Å². The van der Waals surface area contributed by atoms with Crippen LogP contribution in [0.3, 0.4) is 0 Å². The number of aryl methyl sites for hydroxylation is 2. The SMILES string of the molecule is CCn1ccnc1COc1cc(C)ccc1C(=O)O. The molecule has 0 aliphatic heterocycles. The number of benzene rings is 1. The molecule has 0 spiro atoms. The van der Waals surface area contributed by atoms with Crippen LogP contribution in [0, 0.1) is 6.92 Å². The summed E-state index contributed by atoms with van der Waals surface area (Å²) in [6.07, 6.45) is 3.57. The van der Waals surface area contributed by atoms with Crippen molar-refractivity contribution in [2.75, 3.05) is 0 Å². The predicted molar refractivity (Wildman–Crippen MR) is 70.4 cm³/mol. The lowest BCUT2D eigenvalue weighted by molar-refractivity contribution is 0.0691. The highest BCUT2D eigenvalue weighted by Gasteiger charge is 2.12. The zero-order chi connectivity index (χ0) is 13.8. The minimum Gasteiger partial charge on any atom is -0.485 e. The lowest BCUT2D eigenvalue weighted by Crippen LogP contribution is -2.08. The Balaban J connectivity index is 2.19. The van der Waals surface area contributed by atoms with Crippen LogP contribution < -0.4 is 4.74 Å². The first-order valence-electron chi connectivity index (χ1n) is 6.08. The van der Waals surface area contributed by atoms with E-state index in [1.54, 1.807) is 24.4 Å². The van der Waals surface area contributed by atoms with Crippen molar-refractivity contribution >= 4 is 5.97 Å². The molecule has 1 heterocycles. The first-order chi connectivity index (χ1) is 9.11. The van der Waals surface area contributed by atoms with Crippen LogP contribution in [-0.4, -0.2) is 20.6 Å². The van der Waals surface area contributed by atoms with E-state index in [-0.39, 0.29) is 12.2 Å². The van der Waals surface area contributed by atoms with Gasteiger partial charge in [-0.3, -0.25) is 0 Å². The molecular formula is C14H16N2O3.